The van der Waals surface area contributed by atoms with Crippen molar-refractivity contribution in [2.45, 2.75) is 45.6 Å². The van der Waals surface area contributed by atoms with Gasteiger partial charge in [-0.1, -0.05) is 26.7 Å². The summed E-state index contributed by atoms with van der Waals surface area (Å²) >= 11 is 0. The molecule has 0 heterocycles. The monoisotopic (exact) mass is 158 g/mol. The molecule has 1 unspecified atom stereocenters. The van der Waals surface area contributed by atoms with Crippen molar-refractivity contribution >= 4 is 0 Å². The lowest BCUT2D eigenvalue weighted by Gasteiger charge is -2.10. The highest BCUT2D eigenvalue weighted by atomic mass is 14.9. The third-order valence-electron chi connectivity index (χ3n) is 1.76. The second kappa shape index (κ2) is 8.02. The van der Waals surface area contributed by atoms with Gasteiger partial charge in [0.05, 0.1) is 0 Å². The summed E-state index contributed by atoms with van der Waals surface area (Å²) in [5.41, 5.74) is 5.84. The van der Waals surface area contributed by atoms with E-state index < -0.39 is 0 Å². The highest BCUT2D eigenvalue weighted by molar-refractivity contribution is 4.63. The van der Waals surface area contributed by atoms with Gasteiger partial charge >= 0.3 is 0 Å². The highest BCUT2D eigenvalue weighted by Gasteiger charge is 1.98. The minimum Gasteiger partial charge on any atom is -0.327 e. The molecule has 0 aromatic rings. The van der Waals surface area contributed by atoms with Crippen LogP contribution >= 0.6 is 0 Å². The van der Waals surface area contributed by atoms with Gasteiger partial charge in [0.15, 0.2) is 0 Å². The zero-order valence-corrected chi connectivity index (χ0v) is 7.90. The second-order valence-corrected chi connectivity index (χ2v) is 3.11. The van der Waals surface area contributed by atoms with Crippen LogP contribution in [-0.2, 0) is 0 Å². The lowest BCUT2D eigenvalue weighted by molar-refractivity contribution is 0.524. The molecule has 3 N–H and O–H groups in total. The first-order chi connectivity index (χ1) is 5.31. The van der Waals surface area contributed by atoms with Crippen molar-refractivity contribution in [3.05, 3.63) is 0 Å². The highest BCUT2D eigenvalue weighted by Crippen LogP contribution is 1.96. The van der Waals surface area contributed by atoms with Crippen LogP contribution in [0.3, 0.4) is 0 Å². The van der Waals surface area contributed by atoms with Crippen LogP contribution in [0.15, 0.2) is 0 Å². The van der Waals surface area contributed by atoms with Gasteiger partial charge in [0.1, 0.15) is 0 Å². The molecule has 1 atom stereocenters. The SMILES string of the molecule is CCCCC(N)CNCCC. The van der Waals surface area contributed by atoms with Crippen molar-refractivity contribution in [2.75, 3.05) is 13.1 Å². The van der Waals surface area contributed by atoms with Crippen molar-refractivity contribution in [1.29, 1.82) is 0 Å². The van der Waals surface area contributed by atoms with Crippen LogP contribution < -0.4 is 11.1 Å². The van der Waals surface area contributed by atoms with Gasteiger partial charge in [0, 0.05) is 12.6 Å². The van der Waals surface area contributed by atoms with Gasteiger partial charge in [-0.15, -0.1) is 0 Å². The maximum Gasteiger partial charge on any atom is 0.0165 e. The summed E-state index contributed by atoms with van der Waals surface area (Å²) in [5.74, 6) is 0. The number of rotatable bonds is 7. The van der Waals surface area contributed by atoms with E-state index in [1.807, 2.05) is 0 Å². The van der Waals surface area contributed by atoms with Crippen LogP contribution in [0.4, 0.5) is 0 Å². The Hall–Kier alpha value is -0.0800. The summed E-state index contributed by atoms with van der Waals surface area (Å²) in [6.45, 7) is 6.45. The summed E-state index contributed by atoms with van der Waals surface area (Å²) in [5, 5.41) is 3.32. The molecule has 0 aliphatic carbocycles. The standard InChI is InChI=1S/C9H22N2/c1-3-5-6-9(10)8-11-7-4-2/h9,11H,3-8,10H2,1-2H3. The molecule has 68 valence electrons. The molecule has 2 heteroatoms. The van der Waals surface area contributed by atoms with Crippen LogP contribution in [-0.4, -0.2) is 19.1 Å². The first-order valence-electron chi connectivity index (χ1n) is 4.77. The molecule has 0 spiro atoms. The van der Waals surface area contributed by atoms with E-state index >= 15 is 0 Å². The number of hydrogen-bond acceptors (Lipinski definition) is 2. The average molecular weight is 158 g/mol. The molecule has 0 bridgehead atoms. The van der Waals surface area contributed by atoms with Crippen LogP contribution in [0.1, 0.15) is 39.5 Å². The molecule has 0 saturated carbocycles. The molecule has 0 fully saturated rings. The van der Waals surface area contributed by atoms with Gasteiger partial charge in [-0.2, -0.15) is 0 Å². The number of hydrogen-bond donors (Lipinski definition) is 2. The van der Waals surface area contributed by atoms with Gasteiger partial charge in [-0.3, -0.25) is 0 Å². The average Bonchev–Trinajstić information content (AvgIpc) is 2.01. The minimum absolute atomic E-state index is 0.362. The summed E-state index contributed by atoms with van der Waals surface area (Å²) in [6.07, 6.45) is 4.87. The van der Waals surface area contributed by atoms with E-state index in [1.165, 1.54) is 19.3 Å². The molecule has 0 aromatic heterocycles. The third-order valence-corrected chi connectivity index (χ3v) is 1.76. The maximum absolute atomic E-state index is 5.84. The Morgan fingerprint density at radius 3 is 2.55 bits per heavy atom. The molecule has 11 heavy (non-hydrogen) atoms. The van der Waals surface area contributed by atoms with Gasteiger partial charge in [-0.05, 0) is 19.4 Å². The van der Waals surface area contributed by atoms with Crippen LogP contribution in [0, 0.1) is 0 Å². The molecule has 0 rings (SSSR count). The van der Waals surface area contributed by atoms with Crippen LogP contribution in [0.5, 0.6) is 0 Å². The van der Waals surface area contributed by atoms with Crippen molar-refractivity contribution in [2.24, 2.45) is 5.73 Å². The summed E-state index contributed by atoms with van der Waals surface area (Å²) in [7, 11) is 0. The quantitative estimate of drug-likeness (QED) is 0.551. The Kier molecular flexibility index (Phi) is 7.96. The third kappa shape index (κ3) is 7.82. The first-order valence-corrected chi connectivity index (χ1v) is 4.77. The molecule has 2 nitrogen and oxygen atoms in total. The molecule has 0 radical (unpaired) electrons. The summed E-state index contributed by atoms with van der Waals surface area (Å²) in [4.78, 5) is 0. The Bertz CT molecular complexity index is 74.0. The van der Waals surface area contributed by atoms with Crippen molar-refractivity contribution in [3.63, 3.8) is 0 Å². The Morgan fingerprint density at radius 2 is 2.00 bits per heavy atom. The smallest absolute Gasteiger partial charge is 0.0165 e. The van der Waals surface area contributed by atoms with E-state index in [9.17, 15) is 0 Å². The zero-order valence-electron chi connectivity index (χ0n) is 7.90. The van der Waals surface area contributed by atoms with E-state index in [2.05, 4.69) is 19.2 Å². The summed E-state index contributed by atoms with van der Waals surface area (Å²) < 4.78 is 0. The van der Waals surface area contributed by atoms with Gasteiger partial charge in [0.25, 0.3) is 0 Å². The van der Waals surface area contributed by atoms with Crippen LogP contribution in [0.2, 0.25) is 0 Å². The van der Waals surface area contributed by atoms with E-state index in [1.54, 1.807) is 0 Å². The van der Waals surface area contributed by atoms with E-state index in [4.69, 9.17) is 5.73 Å². The lowest BCUT2D eigenvalue weighted by atomic mass is 10.1. The fraction of sp³-hybridized carbons (Fsp3) is 1.00. The number of nitrogens with two attached hydrogens (primary N) is 1. The van der Waals surface area contributed by atoms with Gasteiger partial charge < -0.3 is 11.1 Å². The van der Waals surface area contributed by atoms with Crippen LogP contribution in [0.25, 0.3) is 0 Å². The summed E-state index contributed by atoms with van der Waals surface area (Å²) in [6, 6.07) is 0.362. The molecule has 0 aliphatic rings. The van der Waals surface area contributed by atoms with E-state index in [0.29, 0.717) is 6.04 Å². The minimum atomic E-state index is 0.362. The Balaban J connectivity index is 3.02. The van der Waals surface area contributed by atoms with Crippen molar-refractivity contribution in [1.82, 2.24) is 5.32 Å². The second-order valence-electron chi connectivity index (χ2n) is 3.11. The predicted octanol–water partition coefficient (Wildman–Crippen LogP) is 1.50. The van der Waals surface area contributed by atoms with Crippen molar-refractivity contribution in [3.8, 4) is 0 Å². The zero-order chi connectivity index (χ0) is 8.53. The normalized spacial score (nSPS) is 13.4. The Labute approximate surface area is 70.5 Å². The fourth-order valence-electron chi connectivity index (χ4n) is 1.03. The van der Waals surface area contributed by atoms with E-state index in [0.717, 1.165) is 19.5 Å². The molecule has 0 saturated heterocycles. The predicted molar refractivity (Wildman–Crippen MR) is 50.7 cm³/mol. The van der Waals surface area contributed by atoms with Crippen molar-refractivity contribution < 1.29 is 0 Å². The number of unbranched alkanes of at least 4 members (excludes halogenated alkanes) is 1. The topological polar surface area (TPSA) is 38.0 Å². The molecule has 0 amide bonds. The lowest BCUT2D eigenvalue weighted by Crippen LogP contribution is -2.34. The first kappa shape index (κ1) is 10.9. The molecular formula is C9H22N2. The molecular weight excluding hydrogens is 136 g/mol. The number of nitrogens with one attached hydrogen (secondary N) is 1. The van der Waals surface area contributed by atoms with E-state index in [-0.39, 0.29) is 0 Å². The molecule has 0 aromatic carbocycles. The Morgan fingerprint density at radius 1 is 1.27 bits per heavy atom. The molecule has 0 aliphatic heterocycles. The van der Waals surface area contributed by atoms with Gasteiger partial charge in [0.2, 0.25) is 0 Å². The fourth-order valence-corrected chi connectivity index (χ4v) is 1.03. The largest absolute Gasteiger partial charge is 0.327 e. The van der Waals surface area contributed by atoms with Gasteiger partial charge in [-0.25, -0.2) is 0 Å². The maximum atomic E-state index is 5.84.